The van der Waals surface area contributed by atoms with Gasteiger partial charge in [-0.2, -0.15) is 5.10 Å². The van der Waals surface area contributed by atoms with E-state index in [0.717, 1.165) is 17.0 Å². The molecule has 0 spiro atoms. The van der Waals surface area contributed by atoms with Crippen LogP contribution in [0, 0.1) is 13.8 Å². The van der Waals surface area contributed by atoms with Gasteiger partial charge in [-0.1, -0.05) is 0 Å². The Morgan fingerprint density at radius 2 is 2.19 bits per heavy atom. The van der Waals surface area contributed by atoms with Crippen LogP contribution in [0.4, 0.5) is 0 Å². The molecular formula is C11H18N2O3. The number of rotatable bonds is 5. The lowest BCUT2D eigenvalue weighted by Crippen LogP contribution is -2.14. The standard InChI is InChI=1S/C11H18N2O3/c1-7(6-16-4)13-9(3)10(5-11(14)15)8(2)12-13/h7H,5-6H2,1-4H3,(H,14,15). The minimum Gasteiger partial charge on any atom is -0.481 e. The zero-order chi connectivity index (χ0) is 12.3. The van der Waals surface area contributed by atoms with E-state index in [1.54, 1.807) is 7.11 Å². The van der Waals surface area contributed by atoms with E-state index in [-0.39, 0.29) is 12.5 Å². The molecule has 1 heterocycles. The van der Waals surface area contributed by atoms with E-state index in [9.17, 15) is 4.79 Å². The monoisotopic (exact) mass is 226 g/mol. The molecule has 0 aliphatic rings. The predicted octanol–water partition coefficient (Wildman–Crippen LogP) is 1.33. The molecule has 0 aliphatic heterocycles. The van der Waals surface area contributed by atoms with Gasteiger partial charge >= 0.3 is 5.97 Å². The van der Waals surface area contributed by atoms with Crippen molar-refractivity contribution in [2.75, 3.05) is 13.7 Å². The zero-order valence-electron chi connectivity index (χ0n) is 10.1. The highest BCUT2D eigenvalue weighted by Gasteiger charge is 2.17. The minimum absolute atomic E-state index is 0.0252. The molecule has 0 fully saturated rings. The summed E-state index contributed by atoms with van der Waals surface area (Å²) in [5.41, 5.74) is 2.49. The number of carboxylic acid groups (broad SMARTS) is 1. The van der Waals surface area contributed by atoms with Crippen molar-refractivity contribution in [2.24, 2.45) is 0 Å². The third-order valence-electron chi connectivity index (χ3n) is 2.63. The van der Waals surface area contributed by atoms with Crippen molar-refractivity contribution in [1.82, 2.24) is 9.78 Å². The quantitative estimate of drug-likeness (QED) is 0.822. The first-order valence-electron chi connectivity index (χ1n) is 5.22. The van der Waals surface area contributed by atoms with Gasteiger partial charge in [0.15, 0.2) is 0 Å². The Hall–Kier alpha value is -1.36. The van der Waals surface area contributed by atoms with Crippen molar-refractivity contribution >= 4 is 5.97 Å². The maximum atomic E-state index is 10.7. The number of ether oxygens (including phenoxy) is 1. The van der Waals surface area contributed by atoms with Gasteiger partial charge in [0.2, 0.25) is 0 Å². The second kappa shape index (κ2) is 5.12. The van der Waals surface area contributed by atoms with Gasteiger partial charge in [0, 0.05) is 18.4 Å². The van der Waals surface area contributed by atoms with E-state index in [1.807, 2.05) is 25.5 Å². The molecule has 5 nitrogen and oxygen atoms in total. The summed E-state index contributed by atoms with van der Waals surface area (Å²) in [7, 11) is 1.64. The molecule has 1 N–H and O–H groups in total. The highest BCUT2D eigenvalue weighted by molar-refractivity contribution is 5.70. The SMILES string of the molecule is COCC(C)n1nc(C)c(CC(=O)O)c1C. The summed E-state index contributed by atoms with van der Waals surface area (Å²) in [6.07, 6.45) is 0.0252. The van der Waals surface area contributed by atoms with Crippen molar-refractivity contribution in [3.8, 4) is 0 Å². The van der Waals surface area contributed by atoms with Crippen LogP contribution in [0.25, 0.3) is 0 Å². The molecule has 5 heteroatoms. The number of methoxy groups -OCH3 is 1. The fourth-order valence-corrected chi connectivity index (χ4v) is 1.85. The van der Waals surface area contributed by atoms with Gasteiger partial charge in [-0.3, -0.25) is 9.48 Å². The summed E-state index contributed by atoms with van der Waals surface area (Å²) in [6, 6.07) is 0.117. The number of aryl methyl sites for hydroxylation is 1. The fourth-order valence-electron chi connectivity index (χ4n) is 1.85. The van der Waals surface area contributed by atoms with Gasteiger partial charge < -0.3 is 9.84 Å². The maximum absolute atomic E-state index is 10.7. The summed E-state index contributed by atoms with van der Waals surface area (Å²) in [6.45, 7) is 6.29. The van der Waals surface area contributed by atoms with Gasteiger partial charge in [0.1, 0.15) is 0 Å². The molecule has 1 rings (SSSR count). The smallest absolute Gasteiger partial charge is 0.307 e. The number of hydrogen-bond donors (Lipinski definition) is 1. The van der Waals surface area contributed by atoms with Crippen LogP contribution < -0.4 is 0 Å². The first-order chi connectivity index (χ1) is 7.47. The summed E-state index contributed by atoms with van der Waals surface area (Å²) in [4.78, 5) is 10.7. The maximum Gasteiger partial charge on any atom is 0.307 e. The van der Waals surface area contributed by atoms with Crippen molar-refractivity contribution in [3.05, 3.63) is 17.0 Å². The first kappa shape index (κ1) is 12.7. The average Bonchev–Trinajstić information content (AvgIpc) is 2.45. The molecule has 0 aliphatic carbocycles. The number of nitrogens with zero attached hydrogens (tertiary/aromatic N) is 2. The first-order valence-corrected chi connectivity index (χ1v) is 5.22. The van der Waals surface area contributed by atoms with Crippen molar-refractivity contribution in [3.63, 3.8) is 0 Å². The molecule has 0 saturated carbocycles. The number of carboxylic acids is 1. The van der Waals surface area contributed by atoms with Crippen LogP contribution in [0.1, 0.15) is 29.9 Å². The Kier molecular flexibility index (Phi) is 4.06. The van der Waals surface area contributed by atoms with E-state index < -0.39 is 5.97 Å². The molecule has 1 aromatic heterocycles. The molecule has 1 aromatic rings. The van der Waals surface area contributed by atoms with Gasteiger partial charge in [-0.15, -0.1) is 0 Å². The van der Waals surface area contributed by atoms with Gasteiger partial charge in [-0.05, 0) is 20.8 Å². The van der Waals surface area contributed by atoms with Crippen LogP contribution in [0.2, 0.25) is 0 Å². The van der Waals surface area contributed by atoms with Crippen LogP contribution >= 0.6 is 0 Å². The second-order valence-corrected chi connectivity index (χ2v) is 3.97. The van der Waals surface area contributed by atoms with E-state index in [1.165, 1.54) is 0 Å². The number of carbonyl (C=O) groups is 1. The van der Waals surface area contributed by atoms with E-state index in [2.05, 4.69) is 5.10 Å². The highest BCUT2D eigenvalue weighted by atomic mass is 16.5. The Morgan fingerprint density at radius 1 is 1.56 bits per heavy atom. The molecule has 0 radical (unpaired) electrons. The molecule has 1 atom stereocenters. The summed E-state index contributed by atoms with van der Waals surface area (Å²) in [5.74, 6) is -0.829. The van der Waals surface area contributed by atoms with Crippen LogP contribution in [-0.4, -0.2) is 34.6 Å². The molecule has 0 aromatic carbocycles. The Morgan fingerprint density at radius 3 is 2.69 bits per heavy atom. The lowest BCUT2D eigenvalue weighted by molar-refractivity contribution is -0.136. The summed E-state index contributed by atoms with van der Waals surface area (Å²) < 4.78 is 6.90. The van der Waals surface area contributed by atoms with Crippen LogP contribution in [0.15, 0.2) is 0 Å². The topological polar surface area (TPSA) is 64.4 Å². The van der Waals surface area contributed by atoms with Crippen molar-refractivity contribution < 1.29 is 14.6 Å². The lowest BCUT2D eigenvalue weighted by atomic mass is 10.1. The third kappa shape index (κ3) is 2.61. The normalized spacial score (nSPS) is 12.8. The van der Waals surface area contributed by atoms with Gasteiger partial charge in [0.05, 0.1) is 24.8 Å². The molecule has 1 unspecified atom stereocenters. The van der Waals surface area contributed by atoms with E-state index >= 15 is 0 Å². The van der Waals surface area contributed by atoms with Crippen LogP contribution in [0.5, 0.6) is 0 Å². The van der Waals surface area contributed by atoms with E-state index in [4.69, 9.17) is 9.84 Å². The lowest BCUT2D eigenvalue weighted by Gasteiger charge is -2.13. The molecule has 90 valence electrons. The third-order valence-corrected chi connectivity index (χ3v) is 2.63. The minimum atomic E-state index is -0.829. The van der Waals surface area contributed by atoms with Crippen molar-refractivity contribution in [1.29, 1.82) is 0 Å². The van der Waals surface area contributed by atoms with Gasteiger partial charge in [0.25, 0.3) is 0 Å². The van der Waals surface area contributed by atoms with Gasteiger partial charge in [-0.25, -0.2) is 0 Å². The number of hydrogen-bond acceptors (Lipinski definition) is 3. The summed E-state index contributed by atoms with van der Waals surface area (Å²) in [5, 5.41) is 13.2. The Balaban J connectivity index is 3.01. The molecular weight excluding hydrogens is 208 g/mol. The van der Waals surface area contributed by atoms with Crippen molar-refractivity contribution in [2.45, 2.75) is 33.2 Å². The Bertz CT molecular complexity index is 385. The van der Waals surface area contributed by atoms with Crippen LogP contribution in [-0.2, 0) is 16.0 Å². The molecule has 16 heavy (non-hydrogen) atoms. The largest absolute Gasteiger partial charge is 0.481 e. The average molecular weight is 226 g/mol. The predicted molar refractivity (Wildman–Crippen MR) is 59.6 cm³/mol. The fraction of sp³-hybridized carbons (Fsp3) is 0.636. The Labute approximate surface area is 95.0 Å². The van der Waals surface area contributed by atoms with Crippen LogP contribution in [0.3, 0.4) is 0 Å². The molecule has 0 bridgehead atoms. The van der Waals surface area contributed by atoms with E-state index in [0.29, 0.717) is 6.61 Å². The molecule has 0 amide bonds. The highest BCUT2D eigenvalue weighted by Crippen LogP contribution is 2.18. The number of aromatic nitrogens is 2. The zero-order valence-corrected chi connectivity index (χ0v) is 10.1. The number of aliphatic carboxylic acids is 1. The summed E-state index contributed by atoms with van der Waals surface area (Å²) >= 11 is 0. The molecule has 0 saturated heterocycles. The second-order valence-electron chi connectivity index (χ2n) is 3.97.